The standard InChI is InChI=1S/C10H11ClFN3O2/c11-6-3-7(12)9(14-4-6)15-2-1-13-8(5-15)10(16)17/h3-4,8,13H,1-2,5H2,(H,16,17). The fraction of sp³-hybridized carbons (Fsp3) is 0.400. The van der Waals surface area contributed by atoms with Crippen molar-refractivity contribution in [2.24, 2.45) is 0 Å². The molecule has 5 nitrogen and oxygen atoms in total. The van der Waals surface area contributed by atoms with Crippen LogP contribution in [0.4, 0.5) is 10.2 Å². The molecule has 0 radical (unpaired) electrons. The lowest BCUT2D eigenvalue weighted by Crippen LogP contribution is -2.54. The molecule has 1 fully saturated rings. The highest BCUT2D eigenvalue weighted by Crippen LogP contribution is 2.20. The van der Waals surface area contributed by atoms with Crippen LogP contribution in [0.1, 0.15) is 0 Å². The molecule has 1 atom stereocenters. The molecule has 2 heterocycles. The molecule has 1 aromatic rings. The van der Waals surface area contributed by atoms with Crippen LogP contribution in [0.3, 0.4) is 0 Å². The van der Waals surface area contributed by atoms with Crippen molar-refractivity contribution in [3.63, 3.8) is 0 Å². The number of piperazine rings is 1. The van der Waals surface area contributed by atoms with Crippen molar-refractivity contribution < 1.29 is 14.3 Å². The number of nitrogens with zero attached hydrogens (tertiary/aromatic N) is 2. The Morgan fingerprint density at radius 2 is 2.47 bits per heavy atom. The molecule has 92 valence electrons. The van der Waals surface area contributed by atoms with Gasteiger partial charge in [-0.3, -0.25) is 4.79 Å². The molecular weight excluding hydrogens is 249 g/mol. The highest BCUT2D eigenvalue weighted by atomic mass is 35.5. The van der Waals surface area contributed by atoms with Crippen LogP contribution < -0.4 is 10.2 Å². The van der Waals surface area contributed by atoms with Crippen molar-refractivity contribution in [3.8, 4) is 0 Å². The van der Waals surface area contributed by atoms with Crippen molar-refractivity contribution in [2.45, 2.75) is 6.04 Å². The molecule has 7 heteroatoms. The summed E-state index contributed by atoms with van der Waals surface area (Å²) in [6.07, 6.45) is 1.35. The molecule has 1 aromatic heterocycles. The van der Waals surface area contributed by atoms with Crippen LogP contribution >= 0.6 is 11.6 Å². The van der Waals surface area contributed by atoms with E-state index in [1.807, 2.05) is 0 Å². The van der Waals surface area contributed by atoms with Crippen LogP contribution in [0.25, 0.3) is 0 Å². The SMILES string of the molecule is O=C(O)C1CN(c2ncc(Cl)cc2F)CCN1. The number of nitrogens with one attached hydrogen (secondary N) is 1. The average Bonchev–Trinajstić information content (AvgIpc) is 2.29. The van der Waals surface area contributed by atoms with Gasteiger partial charge in [0.2, 0.25) is 0 Å². The van der Waals surface area contributed by atoms with E-state index in [1.54, 1.807) is 4.90 Å². The van der Waals surface area contributed by atoms with E-state index < -0.39 is 17.8 Å². The monoisotopic (exact) mass is 259 g/mol. The first-order valence-electron chi connectivity index (χ1n) is 5.10. The zero-order valence-electron chi connectivity index (χ0n) is 8.86. The Hall–Kier alpha value is -1.40. The molecule has 1 aliphatic rings. The zero-order chi connectivity index (χ0) is 12.4. The molecular formula is C10H11ClFN3O2. The van der Waals surface area contributed by atoms with Crippen LogP contribution in [0, 0.1) is 5.82 Å². The van der Waals surface area contributed by atoms with Gasteiger partial charge < -0.3 is 15.3 Å². The second kappa shape index (κ2) is 4.85. The number of aromatic nitrogens is 1. The maximum absolute atomic E-state index is 13.6. The minimum absolute atomic E-state index is 0.141. The van der Waals surface area contributed by atoms with Crippen molar-refractivity contribution in [2.75, 3.05) is 24.5 Å². The summed E-state index contributed by atoms with van der Waals surface area (Å²) < 4.78 is 13.6. The maximum Gasteiger partial charge on any atom is 0.322 e. The predicted octanol–water partition coefficient (Wildman–Crippen LogP) is 0.737. The largest absolute Gasteiger partial charge is 0.480 e. The summed E-state index contributed by atoms with van der Waals surface area (Å²) in [6, 6.07) is 0.461. The van der Waals surface area contributed by atoms with Gasteiger partial charge in [0.1, 0.15) is 6.04 Å². The molecule has 0 bridgehead atoms. The van der Waals surface area contributed by atoms with Crippen LogP contribution in [0.5, 0.6) is 0 Å². The quantitative estimate of drug-likeness (QED) is 0.820. The fourth-order valence-corrected chi connectivity index (χ4v) is 1.89. The number of halogens is 2. The number of anilines is 1. The number of carbonyl (C=O) groups is 1. The lowest BCUT2D eigenvalue weighted by molar-refractivity contribution is -0.139. The number of pyridine rings is 1. The van der Waals surface area contributed by atoms with Crippen molar-refractivity contribution in [1.29, 1.82) is 0 Å². The minimum Gasteiger partial charge on any atom is -0.480 e. The molecule has 2 N–H and O–H groups in total. The van der Waals surface area contributed by atoms with Gasteiger partial charge in [-0.2, -0.15) is 0 Å². The molecule has 1 unspecified atom stereocenters. The van der Waals surface area contributed by atoms with Crippen LogP contribution in [-0.2, 0) is 4.79 Å². The first-order valence-corrected chi connectivity index (χ1v) is 5.48. The Morgan fingerprint density at radius 3 is 3.12 bits per heavy atom. The Morgan fingerprint density at radius 1 is 1.71 bits per heavy atom. The summed E-state index contributed by atoms with van der Waals surface area (Å²) >= 11 is 5.61. The van der Waals surface area contributed by atoms with Gasteiger partial charge in [0.15, 0.2) is 11.6 Å². The van der Waals surface area contributed by atoms with E-state index in [-0.39, 0.29) is 17.4 Å². The molecule has 1 aliphatic heterocycles. The second-order valence-electron chi connectivity index (χ2n) is 3.75. The number of hydrogen-bond acceptors (Lipinski definition) is 4. The van der Waals surface area contributed by atoms with Gasteiger partial charge in [-0.15, -0.1) is 0 Å². The predicted molar refractivity (Wildman–Crippen MR) is 60.8 cm³/mol. The van der Waals surface area contributed by atoms with E-state index in [4.69, 9.17) is 16.7 Å². The lowest BCUT2D eigenvalue weighted by Gasteiger charge is -2.32. The van der Waals surface area contributed by atoms with Gasteiger partial charge >= 0.3 is 5.97 Å². The van der Waals surface area contributed by atoms with Gasteiger partial charge in [0.25, 0.3) is 0 Å². The molecule has 2 rings (SSSR count). The number of hydrogen-bond donors (Lipinski definition) is 2. The smallest absolute Gasteiger partial charge is 0.322 e. The van der Waals surface area contributed by atoms with Crippen LogP contribution in [-0.4, -0.2) is 41.7 Å². The van der Waals surface area contributed by atoms with Crippen LogP contribution in [0.15, 0.2) is 12.3 Å². The Balaban J connectivity index is 2.19. The van der Waals surface area contributed by atoms with Crippen molar-refractivity contribution >= 4 is 23.4 Å². The highest BCUT2D eigenvalue weighted by Gasteiger charge is 2.26. The fourth-order valence-electron chi connectivity index (χ4n) is 1.75. The van der Waals surface area contributed by atoms with E-state index in [9.17, 15) is 9.18 Å². The summed E-state index contributed by atoms with van der Waals surface area (Å²) in [6.45, 7) is 1.16. The lowest BCUT2D eigenvalue weighted by atomic mass is 10.2. The summed E-state index contributed by atoms with van der Waals surface area (Å²) in [5.74, 6) is -1.35. The Bertz CT molecular complexity index is 444. The van der Waals surface area contributed by atoms with Gasteiger partial charge in [-0.05, 0) is 6.07 Å². The third-order valence-corrected chi connectivity index (χ3v) is 2.77. The summed E-state index contributed by atoms with van der Waals surface area (Å²) in [5, 5.41) is 11.9. The molecule has 0 spiro atoms. The molecule has 0 aliphatic carbocycles. The molecule has 17 heavy (non-hydrogen) atoms. The van der Waals surface area contributed by atoms with Gasteiger partial charge in [-0.1, -0.05) is 11.6 Å². The molecule has 0 amide bonds. The third kappa shape index (κ3) is 2.65. The van der Waals surface area contributed by atoms with E-state index >= 15 is 0 Å². The Kier molecular flexibility index (Phi) is 3.44. The van der Waals surface area contributed by atoms with Crippen molar-refractivity contribution in [1.82, 2.24) is 10.3 Å². The normalized spacial score (nSPS) is 20.4. The molecule has 0 saturated carbocycles. The maximum atomic E-state index is 13.6. The number of carboxylic acid groups (broad SMARTS) is 1. The molecule has 0 aromatic carbocycles. The van der Waals surface area contributed by atoms with Gasteiger partial charge in [0, 0.05) is 25.8 Å². The van der Waals surface area contributed by atoms with E-state index in [2.05, 4.69) is 10.3 Å². The first-order chi connectivity index (χ1) is 8.08. The Labute approximate surface area is 102 Å². The van der Waals surface area contributed by atoms with Gasteiger partial charge in [-0.25, -0.2) is 9.37 Å². The minimum atomic E-state index is -0.955. The number of carboxylic acids is 1. The van der Waals surface area contributed by atoms with E-state index in [0.717, 1.165) is 0 Å². The molecule has 1 saturated heterocycles. The van der Waals surface area contributed by atoms with E-state index in [1.165, 1.54) is 12.3 Å². The highest BCUT2D eigenvalue weighted by molar-refractivity contribution is 6.30. The van der Waals surface area contributed by atoms with Crippen LogP contribution in [0.2, 0.25) is 5.02 Å². The third-order valence-electron chi connectivity index (χ3n) is 2.56. The summed E-state index contributed by atoms with van der Waals surface area (Å²) in [7, 11) is 0. The van der Waals surface area contributed by atoms with Gasteiger partial charge in [0.05, 0.1) is 5.02 Å². The summed E-state index contributed by atoms with van der Waals surface area (Å²) in [5.41, 5.74) is 0. The second-order valence-corrected chi connectivity index (χ2v) is 4.19. The first kappa shape index (κ1) is 12.1. The van der Waals surface area contributed by atoms with Crippen molar-refractivity contribution in [3.05, 3.63) is 23.1 Å². The number of rotatable bonds is 2. The van der Waals surface area contributed by atoms with E-state index in [0.29, 0.717) is 13.1 Å². The summed E-state index contributed by atoms with van der Waals surface area (Å²) in [4.78, 5) is 16.3. The zero-order valence-corrected chi connectivity index (χ0v) is 9.62. The number of aliphatic carboxylic acids is 1. The topological polar surface area (TPSA) is 65.5 Å². The average molecular weight is 260 g/mol.